The maximum absolute atomic E-state index is 12.7. The van der Waals surface area contributed by atoms with E-state index in [1.54, 1.807) is 29.9 Å². The van der Waals surface area contributed by atoms with Gasteiger partial charge in [0.2, 0.25) is 5.91 Å². The summed E-state index contributed by atoms with van der Waals surface area (Å²) in [5.74, 6) is -0.0269. The first-order chi connectivity index (χ1) is 12.4. The average molecular weight is 380 g/mol. The first-order valence-corrected chi connectivity index (χ1v) is 8.19. The standard InChI is InChI=1S/C17H16ClF2N5O/c1-11-7-14(17(19)20)22-25(11)10-16(26)21-15-5-6-24(23-15)9-12-3-2-4-13(18)8-12/h2-8,17H,9-10H2,1H3,(H,21,23,26). The van der Waals surface area contributed by atoms with Crippen LogP contribution < -0.4 is 5.32 Å². The number of rotatable bonds is 6. The summed E-state index contributed by atoms with van der Waals surface area (Å²) in [6.45, 7) is 1.96. The Balaban J connectivity index is 1.61. The maximum Gasteiger partial charge on any atom is 0.282 e. The minimum absolute atomic E-state index is 0.167. The Morgan fingerprint density at radius 3 is 2.77 bits per heavy atom. The fraction of sp³-hybridized carbons (Fsp3) is 0.235. The largest absolute Gasteiger partial charge is 0.308 e. The van der Waals surface area contributed by atoms with E-state index in [1.165, 1.54) is 10.7 Å². The number of anilines is 1. The van der Waals surface area contributed by atoms with Gasteiger partial charge in [-0.3, -0.25) is 14.2 Å². The summed E-state index contributed by atoms with van der Waals surface area (Å²) in [4.78, 5) is 12.1. The Morgan fingerprint density at radius 2 is 2.08 bits per heavy atom. The minimum atomic E-state index is -2.67. The molecule has 2 heterocycles. The molecule has 3 rings (SSSR count). The lowest BCUT2D eigenvalue weighted by molar-refractivity contribution is -0.117. The number of nitrogens with one attached hydrogen (secondary N) is 1. The van der Waals surface area contributed by atoms with Crippen LogP contribution in [-0.4, -0.2) is 25.5 Å². The van der Waals surface area contributed by atoms with Crippen molar-refractivity contribution >= 4 is 23.3 Å². The molecule has 0 bridgehead atoms. The predicted octanol–water partition coefficient (Wildman–Crippen LogP) is 3.67. The highest BCUT2D eigenvalue weighted by Crippen LogP contribution is 2.18. The van der Waals surface area contributed by atoms with Crippen LogP contribution in [0.2, 0.25) is 5.02 Å². The Kier molecular flexibility index (Phi) is 5.32. The molecule has 1 aromatic carbocycles. The van der Waals surface area contributed by atoms with Crippen molar-refractivity contribution in [2.45, 2.75) is 26.4 Å². The van der Waals surface area contributed by atoms with Gasteiger partial charge < -0.3 is 5.32 Å². The molecule has 0 saturated carbocycles. The van der Waals surface area contributed by atoms with Gasteiger partial charge >= 0.3 is 0 Å². The molecule has 0 atom stereocenters. The SMILES string of the molecule is Cc1cc(C(F)F)nn1CC(=O)Nc1ccn(Cc2cccc(Cl)c2)n1. The highest BCUT2D eigenvalue weighted by atomic mass is 35.5. The van der Waals surface area contributed by atoms with E-state index in [0.29, 0.717) is 23.1 Å². The number of carbonyl (C=O) groups is 1. The smallest absolute Gasteiger partial charge is 0.282 e. The number of amides is 1. The van der Waals surface area contributed by atoms with E-state index in [0.717, 1.165) is 5.56 Å². The second kappa shape index (κ2) is 7.65. The van der Waals surface area contributed by atoms with Crippen molar-refractivity contribution in [3.63, 3.8) is 0 Å². The predicted molar refractivity (Wildman–Crippen MR) is 93.3 cm³/mol. The lowest BCUT2D eigenvalue weighted by Gasteiger charge is -2.05. The van der Waals surface area contributed by atoms with Crippen LogP contribution in [0.5, 0.6) is 0 Å². The summed E-state index contributed by atoms with van der Waals surface area (Å²) in [5.41, 5.74) is 1.12. The minimum Gasteiger partial charge on any atom is -0.308 e. The van der Waals surface area contributed by atoms with Crippen molar-refractivity contribution < 1.29 is 13.6 Å². The molecular formula is C17H16ClF2N5O. The first-order valence-electron chi connectivity index (χ1n) is 7.81. The highest BCUT2D eigenvalue weighted by Gasteiger charge is 2.15. The molecule has 2 aromatic heterocycles. The molecule has 6 nitrogen and oxygen atoms in total. The number of aromatic nitrogens is 4. The molecule has 26 heavy (non-hydrogen) atoms. The van der Waals surface area contributed by atoms with E-state index in [1.807, 2.05) is 18.2 Å². The van der Waals surface area contributed by atoms with E-state index in [9.17, 15) is 13.6 Å². The average Bonchev–Trinajstić information content (AvgIpc) is 3.14. The second-order valence-electron chi connectivity index (χ2n) is 5.75. The number of nitrogens with zero attached hydrogens (tertiary/aromatic N) is 4. The molecule has 1 amide bonds. The molecule has 0 aliphatic heterocycles. The molecule has 3 aromatic rings. The summed E-state index contributed by atoms with van der Waals surface area (Å²) < 4.78 is 28.2. The monoisotopic (exact) mass is 379 g/mol. The van der Waals surface area contributed by atoms with E-state index in [4.69, 9.17) is 11.6 Å². The van der Waals surface area contributed by atoms with Crippen molar-refractivity contribution in [3.05, 3.63) is 64.6 Å². The van der Waals surface area contributed by atoms with Crippen molar-refractivity contribution in [1.82, 2.24) is 19.6 Å². The Hall–Kier alpha value is -2.74. The molecule has 0 aliphatic rings. The van der Waals surface area contributed by atoms with E-state index < -0.39 is 12.3 Å². The molecule has 0 saturated heterocycles. The zero-order chi connectivity index (χ0) is 18.7. The number of hydrogen-bond acceptors (Lipinski definition) is 3. The topological polar surface area (TPSA) is 64.7 Å². The number of alkyl halides is 2. The fourth-order valence-electron chi connectivity index (χ4n) is 2.46. The summed E-state index contributed by atoms with van der Waals surface area (Å²) >= 11 is 5.95. The lowest BCUT2D eigenvalue weighted by Crippen LogP contribution is -2.20. The molecule has 9 heteroatoms. The van der Waals surface area contributed by atoms with Crippen molar-refractivity contribution in [1.29, 1.82) is 0 Å². The number of benzene rings is 1. The van der Waals surface area contributed by atoms with Gasteiger partial charge in [0.25, 0.3) is 6.43 Å². The molecule has 0 spiro atoms. The number of carbonyl (C=O) groups excluding carboxylic acids is 1. The second-order valence-corrected chi connectivity index (χ2v) is 6.18. The van der Waals surface area contributed by atoms with E-state index >= 15 is 0 Å². The number of hydrogen-bond donors (Lipinski definition) is 1. The zero-order valence-electron chi connectivity index (χ0n) is 13.9. The molecule has 0 fully saturated rings. The van der Waals surface area contributed by atoms with Crippen LogP contribution in [0.25, 0.3) is 0 Å². The van der Waals surface area contributed by atoms with Crippen LogP contribution in [0.3, 0.4) is 0 Å². The normalized spacial score (nSPS) is 11.1. The third kappa shape index (κ3) is 4.45. The van der Waals surface area contributed by atoms with Gasteiger partial charge in [0, 0.05) is 23.0 Å². The quantitative estimate of drug-likeness (QED) is 0.710. The first kappa shape index (κ1) is 18.1. The van der Waals surface area contributed by atoms with Crippen LogP contribution in [0.15, 0.2) is 42.6 Å². The van der Waals surface area contributed by atoms with Crippen LogP contribution >= 0.6 is 11.6 Å². The van der Waals surface area contributed by atoms with Crippen LogP contribution in [0.1, 0.15) is 23.4 Å². The summed E-state index contributed by atoms with van der Waals surface area (Å²) in [7, 11) is 0. The van der Waals surface area contributed by atoms with Gasteiger partial charge in [-0.2, -0.15) is 10.2 Å². The van der Waals surface area contributed by atoms with Gasteiger partial charge in [0.05, 0.1) is 6.54 Å². The third-order valence-corrected chi connectivity index (χ3v) is 3.89. The van der Waals surface area contributed by atoms with E-state index in [-0.39, 0.29) is 12.2 Å². The van der Waals surface area contributed by atoms with Gasteiger partial charge in [0.15, 0.2) is 5.82 Å². The van der Waals surface area contributed by atoms with Gasteiger partial charge in [-0.15, -0.1) is 0 Å². The highest BCUT2D eigenvalue weighted by molar-refractivity contribution is 6.30. The molecular weight excluding hydrogens is 364 g/mol. The van der Waals surface area contributed by atoms with Crippen molar-refractivity contribution in [2.24, 2.45) is 0 Å². The van der Waals surface area contributed by atoms with Crippen LogP contribution in [-0.2, 0) is 17.9 Å². The lowest BCUT2D eigenvalue weighted by atomic mass is 10.2. The van der Waals surface area contributed by atoms with Crippen molar-refractivity contribution in [2.75, 3.05) is 5.32 Å². The van der Waals surface area contributed by atoms with Gasteiger partial charge in [-0.1, -0.05) is 23.7 Å². The third-order valence-electron chi connectivity index (χ3n) is 3.66. The molecule has 1 N–H and O–H groups in total. The van der Waals surface area contributed by atoms with Crippen LogP contribution in [0.4, 0.5) is 14.6 Å². The van der Waals surface area contributed by atoms with Gasteiger partial charge in [-0.05, 0) is 30.7 Å². The fourth-order valence-corrected chi connectivity index (χ4v) is 2.67. The summed E-state index contributed by atoms with van der Waals surface area (Å²) in [6.07, 6.45) is -0.940. The molecule has 136 valence electrons. The molecule has 0 aliphatic carbocycles. The Morgan fingerprint density at radius 1 is 1.27 bits per heavy atom. The van der Waals surface area contributed by atoms with Gasteiger partial charge in [-0.25, -0.2) is 8.78 Å². The van der Waals surface area contributed by atoms with Crippen LogP contribution in [0, 0.1) is 6.92 Å². The molecule has 0 unspecified atom stereocenters. The number of halogens is 3. The summed E-state index contributed by atoms with van der Waals surface area (Å²) in [6, 6.07) is 10.3. The van der Waals surface area contributed by atoms with Crippen molar-refractivity contribution in [3.8, 4) is 0 Å². The Labute approximate surface area is 153 Å². The zero-order valence-corrected chi connectivity index (χ0v) is 14.6. The van der Waals surface area contributed by atoms with E-state index in [2.05, 4.69) is 15.5 Å². The molecule has 0 radical (unpaired) electrons. The Bertz CT molecular complexity index is 922. The van der Waals surface area contributed by atoms with Gasteiger partial charge in [0.1, 0.15) is 12.2 Å². The maximum atomic E-state index is 12.7. The number of aryl methyl sites for hydroxylation is 1. The summed E-state index contributed by atoms with van der Waals surface area (Å²) in [5, 5.41) is 11.3.